The highest BCUT2D eigenvalue weighted by Crippen LogP contribution is 2.16. The first-order valence-corrected chi connectivity index (χ1v) is 3.44. The maximum absolute atomic E-state index is 11.7. The van der Waals surface area contributed by atoms with E-state index in [1.54, 1.807) is 0 Å². The number of aldehydes is 1. The van der Waals surface area contributed by atoms with Gasteiger partial charge in [0.05, 0.1) is 6.04 Å². The summed E-state index contributed by atoms with van der Waals surface area (Å²) >= 11 is 0. The third kappa shape index (κ3) is 2.38. The number of hydrogen-bond acceptors (Lipinski definition) is 2. The van der Waals surface area contributed by atoms with Crippen molar-refractivity contribution in [3.8, 4) is 0 Å². The first-order chi connectivity index (χ1) is 5.22. The van der Waals surface area contributed by atoms with Gasteiger partial charge in [-0.1, -0.05) is 0 Å². The summed E-state index contributed by atoms with van der Waals surface area (Å²) in [5.74, 6) is -0.185. The van der Waals surface area contributed by atoms with Crippen LogP contribution in [0.1, 0.15) is 6.42 Å². The lowest BCUT2D eigenvalue weighted by Gasteiger charge is -1.97. The van der Waals surface area contributed by atoms with Crippen LogP contribution in [-0.2, 0) is 4.79 Å². The van der Waals surface area contributed by atoms with Crippen LogP contribution >= 0.6 is 0 Å². The topological polar surface area (TPSA) is 29.1 Å². The van der Waals surface area contributed by atoms with Gasteiger partial charge in [-0.05, 0) is 18.4 Å². The van der Waals surface area contributed by atoms with Gasteiger partial charge in [-0.2, -0.15) is 8.78 Å². The number of hydrogen-bond donors (Lipinski definition) is 1. The van der Waals surface area contributed by atoms with Crippen LogP contribution in [0.3, 0.4) is 0 Å². The third-order valence-electron chi connectivity index (χ3n) is 1.72. The van der Waals surface area contributed by atoms with Crippen LogP contribution in [0.2, 0.25) is 0 Å². The molecule has 1 saturated heterocycles. The van der Waals surface area contributed by atoms with Gasteiger partial charge in [0.25, 0.3) is 6.08 Å². The molecule has 62 valence electrons. The fourth-order valence-corrected chi connectivity index (χ4v) is 1.20. The summed E-state index contributed by atoms with van der Waals surface area (Å²) in [6.07, 6.45) is 0.477. The average molecular weight is 161 g/mol. The number of carbonyl (C=O) groups is 1. The minimum absolute atomic E-state index is 0.185. The predicted molar refractivity (Wildman–Crippen MR) is 36.3 cm³/mol. The molecule has 4 heteroatoms. The van der Waals surface area contributed by atoms with Gasteiger partial charge in [-0.3, -0.25) is 0 Å². The molecule has 11 heavy (non-hydrogen) atoms. The quantitative estimate of drug-likeness (QED) is 0.611. The second kappa shape index (κ2) is 3.57. The number of carbonyl (C=O) groups excluding carboxylic acids is 1. The highest BCUT2D eigenvalue weighted by atomic mass is 19.3. The molecule has 1 heterocycles. The van der Waals surface area contributed by atoms with Gasteiger partial charge in [0.2, 0.25) is 0 Å². The summed E-state index contributed by atoms with van der Waals surface area (Å²) in [4.78, 5) is 10.2. The molecule has 1 rings (SSSR count). The molecule has 1 N–H and O–H groups in total. The maximum atomic E-state index is 11.7. The van der Waals surface area contributed by atoms with Crippen molar-refractivity contribution in [1.29, 1.82) is 0 Å². The van der Waals surface area contributed by atoms with Crippen LogP contribution in [0, 0.1) is 5.92 Å². The van der Waals surface area contributed by atoms with Crippen molar-refractivity contribution in [2.75, 3.05) is 6.54 Å². The Hall–Kier alpha value is -0.770. The van der Waals surface area contributed by atoms with Gasteiger partial charge in [0.15, 0.2) is 0 Å². The second-order valence-corrected chi connectivity index (χ2v) is 2.60. The molecule has 0 spiro atoms. The van der Waals surface area contributed by atoms with E-state index in [0.29, 0.717) is 13.0 Å². The van der Waals surface area contributed by atoms with Gasteiger partial charge in [-0.25, -0.2) is 0 Å². The molecule has 1 fully saturated rings. The van der Waals surface area contributed by atoms with Crippen LogP contribution in [-0.4, -0.2) is 18.9 Å². The van der Waals surface area contributed by atoms with Crippen LogP contribution in [0.5, 0.6) is 0 Å². The van der Waals surface area contributed by atoms with Crippen molar-refractivity contribution in [3.63, 3.8) is 0 Å². The molecule has 0 aromatic heterocycles. The Bertz CT molecular complexity index is 177. The fourth-order valence-electron chi connectivity index (χ4n) is 1.20. The zero-order chi connectivity index (χ0) is 8.27. The second-order valence-electron chi connectivity index (χ2n) is 2.60. The van der Waals surface area contributed by atoms with E-state index in [-0.39, 0.29) is 12.0 Å². The third-order valence-corrected chi connectivity index (χ3v) is 1.72. The van der Waals surface area contributed by atoms with Gasteiger partial charge < -0.3 is 10.1 Å². The van der Waals surface area contributed by atoms with E-state index in [1.807, 2.05) is 0 Å². The fraction of sp³-hybridized carbons (Fsp3) is 0.571. The standard InChI is InChI=1S/C7H9F2NO/c8-7(9)2-5-1-6(4-11)10-3-5/h2,4-6,10H,1,3H2. The van der Waals surface area contributed by atoms with E-state index in [2.05, 4.69) is 5.32 Å². The highest BCUT2D eigenvalue weighted by Gasteiger charge is 2.22. The summed E-state index contributed by atoms with van der Waals surface area (Å²) < 4.78 is 23.3. The maximum Gasteiger partial charge on any atom is 0.266 e. The molecular formula is C7H9F2NO. The summed E-state index contributed by atoms with van der Waals surface area (Å²) in [5, 5.41) is 2.82. The Morgan fingerprint density at radius 1 is 1.55 bits per heavy atom. The average Bonchev–Trinajstić information content (AvgIpc) is 2.34. The van der Waals surface area contributed by atoms with Crippen LogP contribution < -0.4 is 5.32 Å². The van der Waals surface area contributed by atoms with E-state index in [0.717, 1.165) is 12.4 Å². The number of halogens is 2. The molecule has 0 radical (unpaired) electrons. The largest absolute Gasteiger partial charge is 0.307 e. The van der Waals surface area contributed by atoms with Crippen LogP contribution in [0.15, 0.2) is 12.2 Å². The number of nitrogens with one attached hydrogen (secondary N) is 1. The lowest BCUT2D eigenvalue weighted by Crippen LogP contribution is -2.22. The Kier molecular flexibility index (Phi) is 2.70. The molecule has 0 aliphatic carbocycles. The highest BCUT2D eigenvalue weighted by molar-refractivity contribution is 5.58. The predicted octanol–water partition coefficient (Wildman–Crippen LogP) is 0.944. The molecule has 1 aliphatic rings. The summed E-state index contributed by atoms with van der Waals surface area (Å²) in [6.45, 7) is 0.473. The molecule has 2 nitrogen and oxygen atoms in total. The minimum Gasteiger partial charge on any atom is -0.307 e. The van der Waals surface area contributed by atoms with E-state index in [9.17, 15) is 13.6 Å². The van der Waals surface area contributed by atoms with Gasteiger partial charge in [-0.15, -0.1) is 0 Å². The van der Waals surface area contributed by atoms with Crippen molar-refractivity contribution in [1.82, 2.24) is 5.32 Å². The monoisotopic (exact) mass is 161 g/mol. The Morgan fingerprint density at radius 3 is 2.73 bits per heavy atom. The molecular weight excluding hydrogens is 152 g/mol. The lowest BCUT2D eigenvalue weighted by molar-refractivity contribution is -0.109. The molecule has 0 aromatic carbocycles. The number of rotatable bonds is 2. The van der Waals surface area contributed by atoms with Crippen LogP contribution in [0.4, 0.5) is 8.78 Å². The molecule has 2 atom stereocenters. The summed E-state index contributed by atoms with van der Waals surface area (Å²) in [5.41, 5.74) is 0. The molecule has 0 saturated carbocycles. The Balaban J connectivity index is 2.41. The normalized spacial score (nSPS) is 30.0. The first kappa shape index (κ1) is 8.33. The Morgan fingerprint density at radius 2 is 2.27 bits per heavy atom. The molecule has 1 aliphatic heterocycles. The first-order valence-electron chi connectivity index (χ1n) is 3.44. The smallest absolute Gasteiger partial charge is 0.266 e. The lowest BCUT2D eigenvalue weighted by atomic mass is 10.1. The summed E-state index contributed by atoms with van der Waals surface area (Å²) in [6, 6.07) is -0.240. The zero-order valence-corrected chi connectivity index (χ0v) is 5.89. The molecule has 2 unspecified atom stereocenters. The van der Waals surface area contributed by atoms with Crippen molar-refractivity contribution in [2.45, 2.75) is 12.5 Å². The summed E-state index contributed by atoms with van der Waals surface area (Å²) in [7, 11) is 0. The molecule has 0 aromatic rings. The van der Waals surface area contributed by atoms with Gasteiger partial charge in [0, 0.05) is 6.54 Å². The minimum atomic E-state index is -1.66. The Labute approximate surface area is 63.3 Å². The van der Waals surface area contributed by atoms with E-state index in [4.69, 9.17) is 0 Å². The molecule has 0 bridgehead atoms. The van der Waals surface area contributed by atoms with E-state index >= 15 is 0 Å². The zero-order valence-electron chi connectivity index (χ0n) is 5.89. The van der Waals surface area contributed by atoms with E-state index < -0.39 is 6.08 Å². The van der Waals surface area contributed by atoms with Crippen molar-refractivity contribution >= 4 is 6.29 Å². The SMILES string of the molecule is O=CC1CC(C=C(F)F)CN1. The van der Waals surface area contributed by atoms with Crippen LogP contribution in [0.25, 0.3) is 0 Å². The van der Waals surface area contributed by atoms with E-state index in [1.165, 1.54) is 0 Å². The molecule has 0 amide bonds. The van der Waals surface area contributed by atoms with Crippen molar-refractivity contribution < 1.29 is 13.6 Å². The van der Waals surface area contributed by atoms with Crippen molar-refractivity contribution in [3.05, 3.63) is 12.2 Å². The van der Waals surface area contributed by atoms with Crippen molar-refractivity contribution in [2.24, 2.45) is 5.92 Å². The van der Waals surface area contributed by atoms with Gasteiger partial charge in [0.1, 0.15) is 6.29 Å². The van der Waals surface area contributed by atoms with Gasteiger partial charge >= 0.3 is 0 Å².